The van der Waals surface area contributed by atoms with Gasteiger partial charge in [0.2, 0.25) is 0 Å². The molecule has 1 aliphatic rings. The van der Waals surface area contributed by atoms with E-state index in [-0.39, 0.29) is 18.0 Å². The molecule has 1 rings (SSSR count). The second-order valence-electron chi connectivity index (χ2n) is 5.18. The van der Waals surface area contributed by atoms with Crippen LogP contribution in [0.15, 0.2) is 0 Å². The molecule has 92 valence electrons. The third kappa shape index (κ3) is 4.51. The van der Waals surface area contributed by atoms with Gasteiger partial charge in [0.15, 0.2) is 0 Å². The first-order valence-electron chi connectivity index (χ1n) is 5.62. The van der Waals surface area contributed by atoms with Crippen molar-refractivity contribution in [2.45, 2.75) is 51.7 Å². The van der Waals surface area contributed by atoms with Gasteiger partial charge in [0.05, 0.1) is 5.84 Å². The number of rotatable bonds is 4. The summed E-state index contributed by atoms with van der Waals surface area (Å²) in [5.74, 6) is 0.106. The normalized spacial score (nSPS) is 15.7. The molecule has 0 aromatic carbocycles. The van der Waals surface area contributed by atoms with Crippen molar-refractivity contribution in [2.75, 3.05) is 6.54 Å². The monoisotopic (exact) mass is 227 g/mol. The van der Waals surface area contributed by atoms with Crippen LogP contribution in [0.4, 0.5) is 4.79 Å². The fraction of sp³-hybridized carbons (Fsp3) is 0.818. The zero-order valence-corrected chi connectivity index (χ0v) is 10.2. The molecule has 0 saturated heterocycles. The highest BCUT2D eigenvalue weighted by Gasteiger charge is 2.34. The van der Waals surface area contributed by atoms with Gasteiger partial charge in [-0.25, -0.2) is 4.79 Å². The number of amidine groups is 1. The molecular formula is C11H21N3O2. The maximum Gasteiger partial charge on any atom is 0.410 e. The standard InChI is InChI=1S/C11H21N3O2/c1-11(2,3)16-10(15)14(8-4-5-8)7-6-9(12)13/h8H,4-7H2,1-3H3,(H3,12,13). The number of amides is 1. The van der Waals surface area contributed by atoms with Crippen molar-refractivity contribution in [3.05, 3.63) is 0 Å². The molecule has 1 aliphatic carbocycles. The van der Waals surface area contributed by atoms with Gasteiger partial charge in [-0.15, -0.1) is 0 Å². The molecule has 0 unspecified atom stereocenters. The molecule has 1 amide bonds. The van der Waals surface area contributed by atoms with Crippen LogP contribution < -0.4 is 5.73 Å². The largest absolute Gasteiger partial charge is 0.444 e. The van der Waals surface area contributed by atoms with E-state index in [2.05, 4.69) is 0 Å². The van der Waals surface area contributed by atoms with Gasteiger partial charge in [-0.05, 0) is 33.6 Å². The van der Waals surface area contributed by atoms with Crippen molar-refractivity contribution in [3.63, 3.8) is 0 Å². The van der Waals surface area contributed by atoms with Gasteiger partial charge in [-0.3, -0.25) is 5.41 Å². The molecule has 0 aliphatic heterocycles. The molecule has 0 radical (unpaired) electrons. The minimum Gasteiger partial charge on any atom is -0.444 e. The van der Waals surface area contributed by atoms with E-state index in [9.17, 15) is 4.79 Å². The van der Waals surface area contributed by atoms with E-state index in [4.69, 9.17) is 15.9 Å². The molecular weight excluding hydrogens is 206 g/mol. The Balaban J connectivity index is 2.49. The van der Waals surface area contributed by atoms with E-state index in [0.29, 0.717) is 13.0 Å². The predicted octanol–water partition coefficient (Wildman–Crippen LogP) is 1.71. The summed E-state index contributed by atoms with van der Waals surface area (Å²) in [6.07, 6.45) is 2.17. The smallest absolute Gasteiger partial charge is 0.410 e. The van der Waals surface area contributed by atoms with Gasteiger partial charge in [0.1, 0.15) is 5.60 Å². The highest BCUT2D eigenvalue weighted by molar-refractivity contribution is 5.78. The number of hydrogen-bond donors (Lipinski definition) is 2. The number of nitrogens with two attached hydrogens (primary N) is 1. The lowest BCUT2D eigenvalue weighted by atomic mass is 10.2. The van der Waals surface area contributed by atoms with E-state index < -0.39 is 5.60 Å². The summed E-state index contributed by atoms with van der Waals surface area (Å²) >= 11 is 0. The fourth-order valence-corrected chi connectivity index (χ4v) is 1.37. The maximum atomic E-state index is 11.8. The van der Waals surface area contributed by atoms with Gasteiger partial charge in [0, 0.05) is 19.0 Å². The summed E-state index contributed by atoms with van der Waals surface area (Å²) < 4.78 is 5.31. The molecule has 1 fully saturated rings. The Morgan fingerprint density at radius 3 is 2.44 bits per heavy atom. The lowest BCUT2D eigenvalue weighted by Crippen LogP contribution is -2.39. The van der Waals surface area contributed by atoms with Crippen LogP contribution in [0.5, 0.6) is 0 Å². The third-order valence-corrected chi connectivity index (χ3v) is 2.24. The maximum absolute atomic E-state index is 11.8. The summed E-state index contributed by atoms with van der Waals surface area (Å²) in [7, 11) is 0. The van der Waals surface area contributed by atoms with E-state index in [1.807, 2.05) is 20.8 Å². The quantitative estimate of drug-likeness (QED) is 0.567. The average Bonchev–Trinajstić information content (AvgIpc) is 2.84. The zero-order chi connectivity index (χ0) is 12.3. The molecule has 0 aromatic rings. The minimum atomic E-state index is -0.472. The Morgan fingerprint density at radius 1 is 1.50 bits per heavy atom. The van der Waals surface area contributed by atoms with Crippen molar-refractivity contribution >= 4 is 11.9 Å². The van der Waals surface area contributed by atoms with E-state index in [1.165, 1.54) is 0 Å². The van der Waals surface area contributed by atoms with Crippen molar-refractivity contribution < 1.29 is 9.53 Å². The fourth-order valence-electron chi connectivity index (χ4n) is 1.37. The number of hydrogen-bond acceptors (Lipinski definition) is 3. The summed E-state index contributed by atoms with van der Waals surface area (Å²) in [4.78, 5) is 13.5. The molecule has 5 heteroatoms. The van der Waals surface area contributed by atoms with Gasteiger partial charge in [-0.1, -0.05) is 0 Å². The Morgan fingerprint density at radius 2 is 2.06 bits per heavy atom. The first kappa shape index (κ1) is 12.8. The topological polar surface area (TPSA) is 79.4 Å². The zero-order valence-electron chi connectivity index (χ0n) is 10.2. The molecule has 0 spiro atoms. The van der Waals surface area contributed by atoms with Gasteiger partial charge < -0.3 is 15.4 Å². The molecule has 5 nitrogen and oxygen atoms in total. The molecule has 0 bridgehead atoms. The Kier molecular flexibility index (Phi) is 3.78. The van der Waals surface area contributed by atoms with E-state index in [1.54, 1.807) is 4.90 Å². The summed E-state index contributed by atoms with van der Waals surface area (Å²) in [6, 6.07) is 0.286. The van der Waals surface area contributed by atoms with Crippen LogP contribution in [0.1, 0.15) is 40.0 Å². The van der Waals surface area contributed by atoms with E-state index >= 15 is 0 Å². The van der Waals surface area contributed by atoms with Gasteiger partial charge >= 0.3 is 6.09 Å². The summed E-state index contributed by atoms with van der Waals surface area (Å²) in [6.45, 7) is 6.03. The van der Waals surface area contributed by atoms with Crippen LogP contribution in [0.3, 0.4) is 0 Å². The Labute approximate surface area is 96.4 Å². The molecule has 16 heavy (non-hydrogen) atoms. The third-order valence-electron chi connectivity index (χ3n) is 2.24. The molecule has 0 aromatic heterocycles. The number of ether oxygens (including phenoxy) is 1. The molecule has 0 atom stereocenters. The minimum absolute atomic E-state index is 0.106. The van der Waals surface area contributed by atoms with Crippen molar-refractivity contribution in [3.8, 4) is 0 Å². The number of nitrogens with zero attached hydrogens (tertiary/aromatic N) is 1. The Hall–Kier alpha value is -1.26. The van der Waals surface area contributed by atoms with Crippen LogP contribution in [0.25, 0.3) is 0 Å². The lowest BCUT2D eigenvalue weighted by Gasteiger charge is -2.27. The van der Waals surface area contributed by atoms with Crippen LogP contribution in [0, 0.1) is 5.41 Å². The van der Waals surface area contributed by atoms with Crippen molar-refractivity contribution in [1.29, 1.82) is 5.41 Å². The Bertz CT molecular complexity index is 279. The SMILES string of the molecule is CC(C)(C)OC(=O)N(CCC(=N)N)C1CC1. The van der Waals surface area contributed by atoms with Crippen LogP contribution in [0.2, 0.25) is 0 Å². The second-order valence-corrected chi connectivity index (χ2v) is 5.18. The van der Waals surface area contributed by atoms with E-state index in [0.717, 1.165) is 12.8 Å². The van der Waals surface area contributed by atoms with Crippen molar-refractivity contribution in [2.24, 2.45) is 5.73 Å². The second kappa shape index (κ2) is 4.72. The van der Waals surface area contributed by atoms with Gasteiger partial charge in [-0.2, -0.15) is 0 Å². The van der Waals surface area contributed by atoms with Gasteiger partial charge in [0.25, 0.3) is 0 Å². The number of carbonyl (C=O) groups is 1. The average molecular weight is 227 g/mol. The number of carbonyl (C=O) groups excluding carboxylic acids is 1. The summed E-state index contributed by atoms with van der Waals surface area (Å²) in [5, 5.41) is 7.17. The first-order chi connectivity index (χ1) is 7.29. The predicted molar refractivity (Wildman–Crippen MR) is 62.5 cm³/mol. The highest BCUT2D eigenvalue weighted by Crippen LogP contribution is 2.28. The molecule has 0 heterocycles. The summed E-state index contributed by atoms with van der Waals surface area (Å²) in [5.41, 5.74) is 4.82. The highest BCUT2D eigenvalue weighted by atomic mass is 16.6. The first-order valence-corrected chi connectivity index (χ1v) is 5.62. The van der Waals surface area contributed by atoms with Crippen LogP contribution >= 0.6 is 0 Å². The van der Waals surface area contributed by atoms with Crippen molar-refractivity contribution in [1.82, 2.24) is 4.90 Å². The van der Waals surface area contributed by atoms with Crippen LogP contribution in [-0.4, -0.2) is 35.0 Å². The molecule has 3 N–H and O–H groups in total. The van der Waals surface area contributed by atoms with Crippen LogP contribution in [-0.2, 0) is 4.74 Å². The molecule has 1 saturated carbocycles. The lowest BCUT2D eigenvalue weighted by molar-refractivity contribution is 0.0239. The number of nitrogens with one attached hydrogen (secondary N) is 1.